The van der Waals surface area contributed by atoms with Gasteiger partial charge in [0.2, 0.25) is 0 Å². The SMILES string of the molecule is Cn1cc(-c2cc3c(-c4cccc(N5C[C@H]6NCC65)n4)n[nH]c3cn2)cn1. The van der Waals surface area contributed by atoms with E-state index in [0.717, 1.165) is 52.5 Å². The molecule has 1 unspecified atom stereocenters. The van der Waals surface area contributed by atoms with E-state index in [0.29, 0.717) is 12.1 Å². The number of pyridine rings is 2. The van der Waals surface area contributed by atoms with E-state index in [9.17, 15) is 0 Å². The Balaban J connectivity index is 1.42. The van der Waals surface area contributed by atoms with Crippen LogP contribution in [0.5, 0.6) is 0 Å². The minimum Gasteiger partial charge on any atom is -0.349 e. The molecule has 0 spiro atoms. The van der Waals surface area contributed by atoms with E-state index in [4.69, 9.17) is 4.98 Å². The first-order valence-corrected chi connectivity index (χ1v) is 9.07. The quantitative estimate of drug-likeness (QED) is 0.578. The lowest BCUT2D eigenvalue weighted by molar-refractivity contribution is 0.211. The Labute approximate surface area is 155 Å². The first kappa shape index (κ1) is 14.9. The van der Waals surface area contributed by atoms with E-state index < -0.39 is 0 Å². The number of nitrogens with zero attached hydrogens (tertiary/aromatic N) is 6. The number of hydrogen-bond donors (Lipinski definition) is 2. The summed E-state index contributed by atoms with van der Waals surface area (Å²) in [6, 6.07) is 9.42. The molecule has 8 heteroatoms. The van der Waals surface area contributed by atoms with Crippen molar-refractivity contribution < 1.29 is 0 Å². The predicted molar refractivity (Wildman–Crippen MR) is 102 cm³/mol. The van der Waals surface area contributed by atoms with Gasteiger partial charge in [0.1, 0.15) is 11.5 Å². The minimum atomic E-state index is 0.588. The Bertz CT molecular complexity index is 1160. The van der Waals surface area contributed by atoms with Gasteiger partial charge >= 0.3 is 0 Å². The van der Waals surface area contributed by atoms with Crippen molar-refractivity contribution in [2.45, 2.75) is 12.1 Å². The van der Waals surface area contributed by atoms with Crippen molar-refractivity contribution in [2.75, 3.05) is 18.0 Å². The fraction of sp³-hybridized carbons (Fsp3) is 0.263. The van der Waals surface area contributed by atoms with Gasteiger partial charge in [0.15, 0.2) is 0 Å². The van der Waals surface area contributed by atoms with E-state index in [1.165, 1.54) is 0 Å². The summed E-state index contributed by atoms with van der Waals surface area (Å²) in [4.78, 5) is 11.8. The van der Waals surface area contributed by atoms with Crippen LogP contribution in [0, 0.1) is 0 Å². The zero-order valence-corrected chi connectivity index (χ0v) is 14.8. The van der Waals surface area contributed by atoms with Gasteiger partial charge in [-0.1, -0.05) is 6.07 Å². The van der Waals surface area contributed by atoms with Gasteiger partial charge < -0.3 is 10.2 Å². The lowest BCUT2D eigenvalue weighted by Gasteiger charge is -2.56. The largest absolute Gasteiger partial charge is 0.349 e. The van der Waals surface area contributed by atoms with Crippen LogP contribution < -0.4 is 10.2 Å². The van der Waals surface area contributed by atoms with Crippen LogP contribution in [0.25, 0.3) is 33.5 Å². The van der Waals surface area contributed by atoms with E-state index in [-0.39, 0.29) is 0 Å². The minimum absolute atomic E-state index is 0.588. The molecule has 0 radical (unpaired) electrons. The Morgan fingerprint density at radius 3 is 2.89 bits per heavy atom. The number of nitrogens with one attached hydrogen (secondary N) is 2. The second-order valence-electron chi connectivity index (χ2n) is 7.21. The number of H-pyrrole nitrogens is 1. The third-order valence-corrected chi connectivity index (χ3v) is 5.57. The summed E-state index contributed by atoms with van der Waals surface area (Å²) in [5.74, 6) is 1.02. The van der Waals surface area contributed by atoms with E-state index >= 15 is 0 Å². The molecule has 0 aliphatic carbocycles. The molecule has 2 aliphatic rings. The molecule has 2 saturated heterocycles. The highest BCUT2D eigenvalue weighted by Crippen LogP contribution is 2.33. The molecule has 2 aliphatic heterocycles. The molecule has 0 saturated carbocycles. The maximum atomic E-state index is 4.89. The Morgan fingerprint density at radius 2 is 2.15 bits per heavy atom. The molecule has 4 aromatic rings. The number of fused-ring (bicyclic) bond motifs is 2. The van der Waals surface area contributed by atoms with Crippen LogP contribution in [-0.2, 0) is 7.05 Å². The molecule has 0 amide bonds. The van der Waals surface area contributed by atoms with Gasteiger partial charge in [-0.15, -0.1) is 0 Å². The molecule has 6 rings (SSSR count). The van der Waals surface area contributed by atoms with Gasteiger partial charge in [-0.3, -0.25) is 14.8 Å². The molecular formula is C19H18N8. The van der Waals surface area contributed by atoms with Crippen molar-refractivity contribution >= 4 is 16.7 Å². The molecular weight excluding hydrogens is 340 g/mol. The lowest BCUT2D eigenvalue weighted by Crippen LogP contribution is -2.78. The summed E-state index contributed by atoms with van der Waals surface area (Å²) in [6.07, 6.45) is 5.59. The second-order valence-corrected chi connectivity index (χ2v) is 7.21. The maximum absolute atomic E-state index is 4.89. The topological polar surface area (TPSA) is 87.5 Å². The highest BCUT2D eigenvalue weighted by Gasteiger charge is 2.45. The number of aromatic amines is 1. The molecule has 2 fully saturated rings. The van der Waals surface area contributed by atoms with Gasteiger partial charge in [-0.25, -0.2) is 4.98 Å². The molecule has 134 valence electrons. The number of aryl methyl sites for hydroxylation is 1. The highest BCUT2D eigenvalue weighted by molar-refractivity contribution is 5.93. The van der Waals surface area contributed by atoms with Crippen molar-refractivity contribution in [3.63, 3.8) is 0 Å². The highest BCUT2D eigenvalue weighted by atomic mass is 15.4. The first-order chi connectivity index (χ1) is 13.3. The van der Waals surface area contributed by atoms with Crippen LogP contribution in [0.1, 0.15) is 0 Å². The van der Waals surface area contributed by atoms with Crippen LogP contribution >= 0.6 is 0 Å². The summed E-state index contributed by atoms with van der Waals surface area (Å²) < 4.78 is 1.78. The second kappa shape index (κ2) is 5.37. The van der Waals surface area contributed by atoms with E-state index in [2.05, 4.69) is 48.7 Å². The summed E-state index contributed by atoms with van der Waals surface area (Å²) >= 11 is 0. The number of aromatic nitrogens is 6. The van der Waals surface area contributed by atoms with Gasteiger partial charge in [0, 0.05) is 43.3 Å². The molecule has 0 bridgehead atoms. The maximum Gasteiger partial charge on any atom is 0.129 e. The summed E-state index contributed by atoms with van der Waals surface area (Å²) in [6.45, 7) is 2.07. The van der Waals surface area contributed by atoms with Crippen molar-refractivity contribution in [1.82, 2.24) is 35.3 Å². The van der Waals surface area contributed by atoms with Crippen LogP contribution in [0.4, 0.5) is 5.82 Å². The van der Waals surface area contributed by atoms with E-state index in [1.54, 1.807) is 4.68 Å². The molecule has 8 nitrogen and oxygen atoms in total. The fourth-order valence-corrected chi connectivity index (χ4v) is 3.91. The van der Waals surface area contributed by atoms with Gasteiger partial charge in [-0.2, -0.15) is 10.2 Å². The third-order valence-electron chi connectivity index (χ3n) is 5.57. The molecule has 4 aromatic heterocycles. The lowest BCUT2D eigenvalue weighted by atomic mass is 9.89. The van der Waals surface area contributed by atoms with E-state index in [1.807, 2.05) is 31.7 Å². The standard InChI is InChI=1S/C19H18N8/c1-26-9-11(6-22-26)14-5-12-15(7-20-14)24-25-19(12)13-3-2-4-18(23-13)27-10-16-17(27)8-21-16/h2-7,9,16-17,21H,8,10H2,1H3,(H,24,25)/t16-,17?/m1/s1. The average molecular weight is 358 g/mol. The molecule has 2 atom stereocenters. The molecule has 27 heavy (non-hydrogen) atoms. The van der Waals surface area contributed by atoms with Crippen molar-refractivity contribution in [3.05, 3.63) is 42.9 Å². The summed E-state index contributed by atoms with van der Waals surface area (Å²) in [7, 11) is 1.90. The number of piperazine rings is 1. The van der Waals surface area contributed by atoms with Gasteiger partial charge in [0.25, 0.3) is 0 Å². The zero-order valence-electron chi connectivity index (χ0n) is 14.8. The predicted octanol–water partition coefficient (Wildman–Crippen LogP) is 1.58. The average Bonchev–Trinajstić information content (AvgIpc) is 3.29. The monoisotopic (exact) mass is 358 g/mol. The van der Waals surface area contributed by atoms with Crippen LogP contribution in [-0.4, -0.2) is 55.1 Å². The van der Waals surface area contributed by atoms with Crippen molar-refractivity contribution in [2.24, 2.45) is 7.05 Å². The molecule has 0 aromatic carbocycles. The van der Waals surface area contributed by atoms with Gasteiger partial charge in [-0.05, 0) is 18.2 Å². The molecule has 6 heterocycles. The summed E-state index contributed by atoms with van der Waals surface area (Å²) in [5, 5.41) is 16.3. The molecule has 2 N–H and O–H groups in total. The zero-order chi connectivity index (χ0) is 18.0. The normalized spacial score (nSPS) is 21.0. The number of hydrogen-bond acceptors (Lipinski definition) is 6. The Hall–Kier alpha value is -3.26. The fourth-order valence-electron chi connectivity index (χ4n) is 3.91. The Morgan fingerprint density at radius 1 is 1.19 bits per heavy atom. The Kier molecular flexibility index (Phi) is 2.96. The first-order valence-electron chi connectivity index (χ1n) is 9.07. The van der Waals surface area contributed by atoms with Crippen molar-refractivity contribution in [3.8, 4) is 22.6 Å². The third kappa shape index (κ3) is 2.20. The smallest absolute Gasteiger partial charge is 0.129 e. The van der Waals surface area contributed by atoms with Crippen molar-refractivity contribution in [1.29, 1.82) is 0 Å². The number of anilines is 1. The van der Waals surface area contributed by atoms with Crippen LogP contribution in [0.2, 0.25) is 0 Å². The van der Waals surface area contributed by atoms with Gasteiger partial charge in [0.05, 0.1) is 35.3 Å². The summed E-state index contributed by atoms with van der Waals surface area (Å²) in [5.41, 5.74) is 4.48. The van der Waals surface area contributed by atoms with Crippen LogP contribution in [0.15, 0.2) is 42.9 Å². The van der Waals surface area contributed by atoms with Crippen LogP contribution in [0.3, 0.4) is 0 Å². The number of rotatable bonds is 3.